The zero-order valence-electron chi connectivity index (χ0n) is 13.2. The molecule has 0 radical (unpaired) electrons. The highest BCUT2D eigenvalue weighted by Crippen LogP contribution is 2.21. The van der Waals surface area contributed by atoms with Gasteiger partial charge in [-0.3, -0.25) is 0 Å². The summed E-state index contributed by atoms with van der Waals surface area (Å²) < 4.78 is 6.41. The molecule has 0 saturated carbocycles. The molecular weight excluding hydrogens is 390 g/mol. The molecule has 0 aliphatic heterocycles. The Morgan fingerprint density at radius 2 is 1.83 bits per heavy atom. The largest absolute Gasteiger partial charge is 0.338 e. The molecule has 0 aliphatic carbocycles. The van der Waals surface area contributed by atoms with Gasteiger partial charge in [-0.05, 0) is 48.4 Å². The van der Waals surface area contributed by atoms with Gasteiger partial charge in [-0.25, -0.2) is 0 Å². The quantitative estimate of drug-likeness (QED) is 0.596. The van der Waals surface area contributed by atoms with Crippen LogP contribution in [0.4, 0.5) is 0 Å². The number of rotatable bonds is 6. The van der Waals surface area contributed by atoms with Gasteiger partial charge in [0.05, 0.1) is 6.54 Å². The fourth-order valence-electron chi connectivity index (χ4n) is 2.45. The van der Waals surface area contributed by atoms with Crippen LogP contribution in [0.15, 0.2) is 57.5 Å². The molecule has 3 rings (SSSR count). The normalized spacial score (nSPS) is 12.3. The van der Waals surface area contributed by atoms with Crippen LogP contribution in [0.2, 0.25) is 5.02 Å². The first kappa shape index (κ1) is 17.1. The van der Waals surface area contributed by atoms with E-state index in [0.29, 0.717) is 23.3 Å². The van der Waals surface area contributed by atoms with Crippen molar-refractivity contribution in [1.29, 1.82) is 0 Å². The second-order valence-electron chi connectivity index (χ2n) is 5.41. The maximum Gasteiger partial charge on any atom is 0.240 e. The third-order valence-electron chi connectivity index (χ3n) is 3.75. The van der Waals surface area contributed by atoms with Crippen molar-refractivity contribution in [2.24, 2.45) is 0 Å². The summed E-state index contributed by atoms with van der Waals surface area (Å²) in [5, 5.41) is 8.18. The monoisotopic (exact) mass is 405 g/mol. The average molecular weight is 407 g/mol. The summed E-state index contributed by atoms with van der Waals surface area (Å²) in [5.74, 6) is 1.13. The van der Waals surface area contributed by atoms with Gasteiger partial charge in [0.15, 0.2) is 0 Å². The first-order valence-corrected chi connectivity index (χ1v) is 8.90. The minimum Gasteiger partial charge on any atom is -0.338 e. The zero-order valence-corrected chi connectivity index (χ0v) is 15.5. The molecule has 1 atom stereocenters. The standard InChI is InChI=1S/C18H17BrClN3O/c1-2-16(12-3-7-14(19)8-4-12)21-11-17-22-18(23-24-17)13-5-9-15(20)10-6-13/h3-10,16,21H,2,11H2,1H3/t16-/m1/s1. The topological polar surface area (TPSA) is 51.0 Å². The maximum absolute atomic E-state index is 5.90. The number of hydrogen-bond donors (Lipinski definition) is 1. The molecule has 1 aromatic heterocycles. The van der Waals surface area contributed by atoms with E-state index in [2.05, 4.69) is 50.4 Å². The maximum atomic E-state index is 5.90. The van der Waals surface area contributed by atoms with E-state index in [0.717, 1.165) is 16.5 Å². The highest BCUT2D eigenvalue weighted by molar-refractivity contribution is 9.10. The van der Waals surface area contributed by atoms with Gasteiger partial charge in [-0.15, -0.1) is 0 Å². The highest BCUT2D eigenvalue weighted by atomic mass is 79.9. The van der Waals surface area contributed by atoms with Gasteiger partial charge in [0, 0.05) is 21.1 Å². The van der Waals surface area contributed by atoms with Crippen LogP contribution in [-0.4, -0.2) is 10.1 Å². The molecular formula is C18H17BrClN3O. The van der Waals surface area contributed by atoms with Crippen molar-refractivity contribution in [3.8, 4) is 11.4 Å². The molecule has 1 N–H and O–H groups in total. The van der Waals surface area contributed by atoms with E-state index < -0.39 is 0 Å². The first-order valence-electron chi connectivity index (χ1n) is 7.73. The van der Waals surface area contributed by atoms with E-state index >= 15 is 0 Å². The highest BCUT2D eigenvalue weighted by Gasteiger charge is 2.12. The third-order valence-corrected chi connectivity index (χ3v) is 4.53. The summed E-state index contributed by atoms with van der Waals surface area (Å²) in [7, 11) is 0. The van der Waals surface area contributed by atoms with Crippen molar-refractivity contribution >= 4 is 27.5 Å². The lowest BCUT2D eigenvalue weighted by Gasteiger charge is -2.16. The molecule has 0 unspecified atom stereocenters. The third kappa shape index (κ3) is 4.23. The second kappa shape index (κ2) is 7.92. The molecule has 124 valence electrons. The van der Waals surface area contributed by atoms with Crippen molar-refractivity contribution in [2.75, 3.05) is 0 Å². The summed E-state index contributed by atoms with van der Waals surface area (Å²) in [6, 6.07) is 15.9. The van der Waals surface area contributed by atoms with Crippen LogP contribution in [0.1, 0.15) is 30.8 Å². The molecule has 3 aromatic rings. The van der Waals surface area contributed by atoms with Crippen molar-refractivity contribution < 1.29 is 4.52 Å². The van der Waals surface area contributed by atoms with Gasteiger partial charge in [0.25, 0.3) is 0 Å². The predicted molar refractivity (Wildman–Crippen MR) is 98.8 cm³/mol. The lowest BCUT2D eigenvalue weighted by atomic mass is 10.0. The van der Waals surface area contributed by atoms with Gasteiger partial charge in [-0.2, -0.15) is 4.98 Å². The molecule has 0 spiro atoms. The number of aromatic nitrogens is 2. The molecule has 2 aromatic carbocycles. The Kier molecular flexibility index (Phi) is 5.66. The van der Waals surface area contributed by atoms with Crippen LogP contribution >= 0.6 is 27.5 Å². The van der Waals surface area contributed by atoms with Crippen molar-refractivity contribution in [2.45, 2.75) is 25.9 Å². The van der Waals surface area contributed by atoms with Gasteiger partial charge >= 0.3 is 0 Å². The SMILES string of the molecule is CC[C@@H](NCc1nc(-c2ccc(Cl)cc2)no1)c1ccc(Br)cc1. The molecule has 0 fully saturated rings. The van der Waals surface area contributed by atoms with E-state index in [1.54, 1.807) is 0 Å². The Morgan fingerprint density at radius 3 is 2.50 bits per heavy atom. The Morgan fingerprint density at radius 1 is 1.12 bits per heavy atom. The van der Waals surface area contributed by atoms with Crippen LogP contribution in [0, 0.1) is 0 Å². The predicted octanol–water partition coefficient (Wildman–Crippen LogP) is 5.39. The fraction of sp³-hybridized carbons (Fsp3) is 0.222. The van der Waals surface area contributed by atoms with Crippen LogP contribution in [0.25, 0.3) is 11.4 Å². The molecule has 6 heteroatoms. The first-order chi connectivity index (χ1) is 11.7. The molecule has 1 heterocycles. The van der Waals surface area contributed by atoms with Gasteiger partial charge in [-0.1, -0.05) is 51.7 Å². The lowest BCUT2D eigenvalue weighted by molar-refractivity contribution is 0.356. The summed E-state index contributed by atoms with van der Waals surface area (Å²) in [5.41, 5.74) is 2.12. The summed E-state index contributed by atoms with van der Waals surface area (Å²) in [6.07, 6.45) is 0.972. The van der Waals surface area contributed by atoms with E-state index in [1.165, 1.54) is 5.56 Å². The van der Waals surface area contributed by atoms with Crippen molar-refractivity contribution in [3.05, 3.63) is 69.5 Å². The summed E-state index contributed by atoms with van der Waals surface area (Å²) >= 11 is 9.36. The molecule has 0 bridgehead atoms. The van der Waals surface area contributed by atoms with Gasteiger partial charge in [0.2, 0.25) is 11.7 Å². The number of halogens is 2. The molecule has 0 amide bonds. The molecule has 0 saturated heterocycles. The second-order valence-corrected chi connectivity index (χ2v) is 6.76. The van der Waals surface area contributed by atoms with Gasteiger partial charge < -0.3 is 9.84 Å². The smallest absolute Gasteiger partial charge is 0.240 e. The number of nitrogens with one attached hydrogen (secondary N) is 1. The Labute approximate surface area is 154 Å². The number of nitrogens with zero attached hydrogens (tertiary/aromatic N) is 2. The van der Waals surface area contributed by atoms with Crippen molar-refractivity contribution in [1.82, 2.24) is 15.5 Å². The molecule has 4 nitrogen and oxygen atoms in total. The average Bonchev–Trinajstić information content (AvgIpc) is 3.06. The molecule has 0 aliphatic rings. The minimum absolute atomic E-state index is 0.240. The number of benzene rings is 2. The van der Waals surface area contributed by atoms with Crippen molar-refractivity contribution in [3.63, 3.8) is 0 Å². The Hall–Kier alpha value is -1.69. The Bertz CT molecular complexity index is 787. The summed E-state index contributed by atoms with van der Waals surface area (Å²) in [4.78, 5) is 4.43. The van der Waals surface area contributed by atoms with Gasteiger partial charge in [0.1, 0.15) is 0 Å². The summed E-state index contributed by atoms with van der Waals surface area (Å²) in [6.45, 7) is 2.67. The fourth-order valence-corrected chi connectivity index (χ4v) is 2.84. The van der Waals surface area contributed by atoms with Crippen LogP contribution < -0.4 is 5.32 Å². The van der Waals surface area contributed by atoms with E-state index in [9.17, 15) is 0 Å². The minimum atomic E-state index is 0.240. The Balaban J connectivity index is 1.65. The van der Waals surface area contributed by atoms with Crippen LogP contribution in [0.5, 0.6) is 0 Å². The molecule has 24 heavy (non-hydrogen) atoms. The zero-order chi connectivity index (χ0) is 16.9. The van der Waals surface area contributed by atoms with Crippen LogP contribution in [-0.2, 0) is 6.54 Å². The van der Waals surface area contributed by atoms with E-state index in [1.807, 2.05) is 36.4 Å². The number of hydrogen-bond acceptors (Lipinski definition) is 4. The lowest BCUT2D eigenvalue weighted by Crippen LogP contribution is -2.20. The van der Waals surface area contributed by atoms with E-state index in [4.69, 9.17) is 16.1 Å². The van der Waals surface area contributed by atoms with Crippen LogP contribution in [0.3, 0.4) is 0 Å². The van der Waals surface area contributed by atoms with E-state index in [-0.39, 0.29) is 6.04 Å².